The molecule has 0 aromatic heterocycles. The second-order valence-corrected chi connectivity index (χ2v) is 5.37. The number of nitrogens with one attached hydrogen (secondary N) is 2. The third-order valence-corrected chi connectivity index (χ3v) is 4.12. The molecule has 0 radical (unpaired) electrons. The Hall–Kier alpha value is -0.780. The number of hydrogen-bond donors (Lipinski definition) is 2. The highest BCUT2D eigenvalue weighted by molar-refractivity contribution is 7.99. The number of amides is 1. The number of carbonyl (C=O) groups excluding carboxylic acids is 1. The van der Waals surface area contributed by atoms with E-state index in [0.29, 0.717) is 17.9 Å². The summed E-state index contributed by atoms with van der Waals surface area (Å²) in [6.45, 7) is 0.656. The average molecular weight is 305 g/mol. The molecule has 0 aliphatic carbocycles. The zero-order chi connectivity index (χ0) is 13.0. The summed E-state index contributed by atoms with van der Waals surface area (Å²) < 4.78 is 13.6. The van der Waals surface area contributed by atoms with E-state index in [2.05, 4.69) is 10.6 Å². The first kappa shape index (κ1) is 16.3. The lowest BCUT2D eigenvalue weighted by molar-refractivity contribution is -0.121. The minimum Gasteiger partial charge on any atom is -0.349 e. The number of benzene rings is 1. The molecule has 6 heteroatoms. The Morgan fingerprint density at radius 1 is 1.53 bits per heavy atom. The molecule has 1 aromatic carbocycles. The molecule has 1 atom stereocenters. The van der Waals surface area contributed by atoms with Gasteiger partial charge in [0.05, 0.1) is 6.04 Å². The highest BCUT2D eigenvalue weighted by Gasteiger charge is 2.24. The zero-order valence-corrected chi connectivity index (χ0v) is 12.4. The normalized spacial score (nSPS) is 17.3. The Bertz CT molecular complexity index is 445. The summed E-state index contributed by atoms with van der Waals surface area (Å²) in [5.41, 5.74) is 0.907. The third kappa shape index (κ3) is 4.09. The van der Waals surface area contributed by atoms with E-state index in [0.717, 1.165) is 17.7 Å². The van der Waals surface area contributed by atoms with Gasteiger partial charge in [-0.15, -0.1) is 24.2 Å². The van der Waals surface area contributed by atoms with E-state index in [4.69, 9.17) is 0 Å². The largest absolute Gasteiger partial charge is 0.349 e. The number of carbonyl (C=O) groups is 1. The monoisotopic (exact) mass is 304 g/mol. The van der Waals surface area contributed by atoms with E-state index >= 15 is 0 Å². The summed E-state index contributed by atoms with van der Waals surface area (Å²) in [5, 5.41) is 5.92. The van der Waals surface area contributed by atoms with Gasteiger partial charge in [0.1, 0.15) is 5.82 Å². The maximum atomic E-state index is 13.6. The van der Waals surface area contributed by atoms with E-state index < -0.39 is 0 Å². The van der Waals surface area contributed by atoms with Crippen molar-refractivity contribution >= 4 is 30.1 Å². The topological polar surface area (TPSA) is 41.1 Å². The summed E-state index contributed by atoms with van der Waals surface area (Å²) in [4.78, 5) is 12.4. The molecule has 1 amide bonds. The molecule has 0 bridgehead atoms. The smallest absolute Gasteiger partial charge is 0.221 e. The highest BCUT2D eigenvalue weighted by atomic mass is 35.5. The van der Waals surface area contributed by atoms with Crippen molar-refractivity contribution in [2.45, 2.75) is 23.8 Å². The van der Waals surface area contributed by atoms with Crippen LogP contribution in [0, 0.1) is 5.82 Å². The van der Waals surface area contributed by atoms with Crippen LogP contribution in [-0.4, -0.2) is 25.3 Å². The van der Waals surface area contributed by atoms with Gasteiger partial charge >= 0.3 is 0 Å². The molecule has 0 saturated carbocycles. The first-order chi connectivity index (χ1) is 8.72. The molecule has 19 heavy (non-hydrogen) atoms. The summed E-state index contributed by atoms with van der Waals surface area (Å²) >= 11 is 1.53. The Balaban J connectivity index is 0.00000180. The summed E-state index contributed by atoms with van der Waals surface area (Å²) in [6.07, 6.45) is 1.30. The Morgan fingerprint density at radius 2 is 2.32 bits per heavy atom. The van der Waals surface area contributed by atoms with Crippen LogP contribution in [0.3, 0.4) is 0 Å². The molecule has 1 unspecified atom stereocenters. The molecule has 1 aliphatic heterocycles. The van der Waals surface area contributed by atoms with Gasteiger partial charge in [-0.05, 0) is 25.1 Å². The number of hydrogen-bond acceptors (Lipinski definition) is 3. The quantitative estimate of drug-likeness (QED) is 0.898. The number of fused-ring (bicyclic) bond motifs is 1. The number of thioether (sulfide) groups is 1. The summed E-state index contributed by atoms with van der Waals surface area (Å²) in [5.74, 6) is 0.661. The maximum Gasteiger partial charge on any atom is 0.221 e. The van der Waals surface area contributed by atoms with E-state index in [1.807, 2.05) is 13.1 Å². The molecular weight excluding hydrogens is 287 g/mol. The van der Waals surface area contributed by atoms with Crippen molar-refractivity contribution in [2.24, 2.45) is 0 Å². The second kappa shape index (κ2) is 7.72. The van der Waals surface area contributed by atoms with Gasteiger partial charge in [-0.3, -0.25) is 4.79 Å². The molecule has 0 fully saturated rings. The molecule has 1 aromatic rings. The van der Waals surface area contributed by atoms with Crippen LogP contribution in [0.25, 0.3) is 0 Å². The Labute approximate surface area is 123 Å². The fourth-order valence-corrected chi connectivity index (χ4v) is 3.18. The molecule has 2 N–H and O–H groups in total. The van der Waals surface area contributed by atoms with E-state index in [1.54, 1.807) is 6.07 Å². The first-order valence-electron chi connectivity index (χ1n) is 6.07. The Morgan fingerprint density at radius 3 is 3.05 bits per heavy atom. The van der Waals surface area contributed by atoms with Crippen molar-refractivity contribution < 1.29 is 9.18 Å². The Kier molecular flexibility index (Phi) is 6.62. The van der Waals surface area contributed by atoms with Gasteiger partial charge in [0.2, 0.25) is 5.91 Å². The SMILES string of the molecule is CNCCC(=O)NC1CCSc2c(F)cccc21.Cl. The lowest BCUT2D eigenvalue weighted by Crippen LogP contribution is -2.32. The van der Waals surface area contributed by atoms with Gasteiger partial charge in [-0.25, -0.2) is 4.39 Å². The van der Waals surface area contributed by atoms with Gasteiger partial charge in [-0.2, -0.15) is 0 Å². The van der Waals surface area contributed by atoms with Crippen molar-refractivity contribution in [3.05, 3.63) is 29.6 Å². The standard InChI is InChI=1S/C13H17FN2OS.ClH/c1-15-7-5-12(17)16-11-6-8-18-13-9(11)3-2-4-10(13)14;/h2-4,11,15H,5-8H2,1H3,(H,16,17);1H. The minimum atomic E-state index is -0.188. The lowest BCUT2D eigenvalue weighted by Gasteiger charge is -2.26. The lowest BCUT2D eigenvalue weighted by atomic mass is 10.0. The first-order valence-corrected chi connectivity index (χ1v) is 7.06. The van der Waals surface area contributed by atoms with Crippen molar-refractivity contribution in [3.8, 4) is 0 Å². The van der Waals surface area contributed by atoms with E-state index in [-0.39, 0.29) is 30.2 Å². The fourth-order valence-electron chi connectivity index (χ4n) is 2.04. The van der Waals surface area contributed by atoms with Crippen molar-refractivity contribution in [3.63, 3.8) is 0 Å². The molecule has 0 spiro atoms. The average Bonchev–Trinajstić information content (AvgIpc) is 2.38. The zero-order valence-electron chi connectivity index (χ0n) is 10.7. The van der Waals surface area contributed by atoms with Gasteiger partial charge in [0.15, 0.2) is 0 Å². The maximum absolute atomic E-state index is 13.6. The summed E-state index contributed by atoms with van der Waals surface area (Å²) in [6, 6.07) is 5.01. The molecule has 1 heterocycles. The van der Waals surface area contributed by atoms with Crippen LogP contribution in [0.1, 0.15) is 24.4 Å². The van der Waals surface area contributed by atoms with Crippen LogP contribution in [0.2, 0.25) is 0 Å². The van der Waals surface area contributed by atoms with Crippen LogP contribution < -0.4 is 10.6 Å². The van der Waals surface area contributed by atoms with Crippen molar-refractivity contribution in [2.75, 3.05) is 19.3 Å². The molecule has 3 nitrogen and oxygen atoms in total. The fraction of sp³-hybridized carbons (Fsp3) is 0.462. The van der Waals surface area contributed by atoms with Gasteiger partial charge in [0.25, 0.3) is 0 Å². The molecule has 2 rings (SSSR count). The third-order valence-electron chi connectivity index (χ3n) is 2.96. The van der Waals surface area contributed by atoms with Crippen molar-refractivity contribution in [1.29, 1.82) is 0 Å². The predicted molar refractivity (Wildman–Crippen MR) is 78.4 cm³/mol. The van der Waals surface area contributed by atoms with Crippen LogP contribution in [-0.2, 0) is 4.79 Å². The minimum absolute atomic E-state index is 0. The van der Waals surface area contributed by atoms with Crippen LogP contribution in [0.4, 0.5) is 4.39 Å². The number of rotatable bonds is 4. The van der Waals surface area contributed by atoms with Crippen LogP contribution >= 0.6 is 24.2 Å². The summed E-state index contributed by atoms with van der Waals surface area (Å²) in [7, 11) is 1.81. The van der Waals surface area contributed by atoms with Gasteiger partial charge in [-0.1, -0.05) is 12.1 Å². The second-order valence-electron chi connectivity index (χ2n) is 4.27. The molecular formula is C13H18ClFN2OS. The van der Waals surface area contributed by atoms with Crippen molar-refractivity contribution in [1.82, 2.24) is 10.6 Å². The molecule has 0 saturated heterocycles. The molecule has 1 aliphatic rings. The highest BCUT2D eigenvalue weighted by Crippen LogP contribution is 2.37. The van der Waals surface area contributed by atoms with Crippen LogP contribution in [0.15, 0.2) is 23.1 Å². The predicted octanol–water partition coefficient (Wildman–Crippen LogP) is 2.51. The van der Waals surface area contributed by atoms with Gasteiger partial charge in [0, 0.05) is 23.6 Å². The van der Waals surface area contributed by atoms with E-state index in [9.17, 15) is 9.18 Å². The molecule has 106 valence electrons. The van der Waals surface area contributed by atoms with Gasteiger partial charge < -0.3 is 10.6 Å². The van der Waals surface area contributed by atoms with E-state index in [1.165, 1.54) is 17.8 Å². The van der Waals surface area contributed by atoms with Crippen LogP contribution in [0.5, 0.6) is 0 Å². The number of halogens is 2.